The first kappa shape index (κ1) is 13.5. The van der Waals surface area contributed by atoms with E-state index in [9.17, 15) is 4.79 Å². The highest BCUT2D eigenvalue weighted by atomic mass is 32.1. The minimum Gasteiger partial charge on any atom is -0.493 e. The number of ether oxygens (including phenoxy) is 1. The van der Waals surface area contributed by atoms with Crippen LogP contribution in [-0.4, -0.2) is 22.7 Å². The van der Waals surface area contributed by atoms with E-state index in [-0.39, 0.29) is 5.91 Å². The van der Waals surface area contributed by atoms with Crippen LogP contribution in [0.25, 0.3) is 0 Å². The summed E-state index contributed by atoms with van der Waals surface area (Å²) in [6, 6.07) is 9.62. The van der Waals surface area contributed by atoms with Crippen molar-refractivity contribution in [3.8, 4) is 5.75 Å². The van der Waals surface area contributed by atoms with Crippen molar-refractivity contribution in [2.45, 2.75) is 19.8 Å². The monoisotopic (exact) mass is 277 g/mol. The van der Waals surface area contributed by atoms with Gasteiger partial charge in [0.15, 0.2) is 0 Å². The number of carbonyl (C=O) groups excluding carboxylic acids is 1. The number of para-hydroxylation sites is 1. The molecule has 1 N–H and O–H groups in total. The van der Waals surface area contributed by atoms with Gasteiger partial charge in [-0.15, -0.1) is 10.2 Å². The molecule has 0 aliphatic rings. The molecule has 2 rings (SSSR count). The van der Waals surface area contributed by atoms with E-state index in [0.717, 1.165) is 10.8 Å². The van der Waals surface area contributed by atoms with Crippen molar-refractivity contribution in [2.75, 3.05) is 11.9 Å². The molecule has 0 radical (unpaired) electrons. The van der Waals surface area contributed by atoms with Crippen molar-refractivity contribution in [2.24, 2.45) is 0 Å². The summed E-state index contributed by atoms with van der Waals surface area (Å²) in [5.74, 6) is 0.787. The third-order valence-electron chi connectivity index (χ3n) is 2.36. The van der Waals surface area contributed by atoms with Crippen molar-refractivity contribution < 1.29 is 9.53 Å². The first-order valence-corrected chi connectivity index (χ1v) is 6.89. The zero-order valence-corrected chi connectivity index (χ0v) is 11.4. The molecule has 2 aromatic rings. The molecule has 5 nitrogen and oxygen atoms in total. The highest BCUT2D eigenvalue weighted by molar-refractivity contribution is 7.15. The lowest BCUT2D eigenvalue weighted by molar-refractivity contribution is -0.115. The lowest BCUT2D eigenvalue weighted by Crippen LogP contribution is -2.08. The number of benzene rings is 1. The fourth-order valence-corrected chi connectivity index (χ4v) is 2.12. The fourth-order valence-electron chi connectivity index (χ4n) is 1.39. The van der Waals surface area contributed by atoms with Gasteiger partial charge in [-0.05, 0) is 12.1 Å². The highest BCUT2D eigenvalue weighted by Gasteiger charge is 2.06. The Labute approximate surface area is 115 Å². The number of carbonyl (C=O) groups is 1. The summed E-state index contributed by atoms with van der Waals surface area (Å²) in [6.07, 6.45) is 1.11. The number of hydrogen-bond acceptors (Lipinski definition) is 5. The van der Waals surface area contributed by atoms with Gasteiger partial charge in [0.1, 0.15) is 10.8 Å². The molecule has 0 fully saturated rings. The molecule has 0 unspecified atom stereocenters. The van der Waals surface area contributed by atoms with Crippen LogP contribution in [0.15, 0.2) is 30.3 Å². The van der Waals surface area contributed by atoms with Gasteiger partial charge in [-0.1, -0.05) is 36.5 Å². The lowest BCUT2D eigenvalue weighted by atomic mass is 10.3. The standard InChI is InChI=1S/C13H15N3O2S/c1-2-11(17)14-13-16-15-12(19-13)8-9-18-10-6-4-3-5-7-10/h3-7H,2,8-9H2,1H3,(H,14,16,17). The van der Waals surface area contributed by atoms with E-state index in [4.69, 9.17) is 4.74 Å². The summed E-state index contributed by atoms with van der Waals surface area (Å²) >= 11 is 1.38. The minimum absolute atomic E-state index is 0.0526. The molecule has 1 aromatic carbocycles. The van der Waals surface area contributed by atoms with Crippen molar-refractivity contribution in [3.05, 3.63) is 35.3 Å². The fraction of sp³-hybridized carbons (Fsp3) is 0.308. The average Bonchev–Trinajstić information content (AvgIpc) is 2.87. The smallest absolute Gasteiger partial charge is 0.225 e. The third kappa shape index (κ3) is 4.33. The molecule has 1 amide bonds. The minimum atomic E-state index is -0.0526. The van der Waals surface area contributed by atoms with Crippen molar-refractivity contribution in [3.63, 3.8) is 0 Å². The molecule has 0 saturated carbocycles. The second-order valence-electron chi connectivity index (χ2n) is 3.81. The Morgan fingerprint density at radius 1 is 1.32 bits per heavy atom. The number of anilines is 1. The maximum Gasteiger partial charge on any atom is 0.225 e. The van der Waals surface area contributed by atoms with E-state index in [1.807, 2.05) is 30.3 Å². The van der Waals surface area contributed by atoms with Gasteiger partial charge in [0.2, 0.25) is 11.0 Å². The average molecular weight is 277 g/mol. The van der Waals surface area contributed by atoms with Gasteiger partial charge in [0.05, 0.1) is 6.61 Å². The molecule has 1 heterocycles. The van der Waals surface area contributed by atoms with E-state index in [2.05, 4.69) is 15.5 Å². The third-order valence-corrected chi connectivity index (χ3v) is 3.26. The maximum atomic E-state index is 11.2. The van der Waals surface area contributed by atoms with E-state index < -0.39 is 0 Å². The molecule has 0 bridgehead atoms. The van der Waals surface area contributed by atoms with Gasteiger partial charge in [-0.3, -0.25) is 4.79 Å². The second-order valence-corrected chi connectivity index (χ2v) is 4.88. The molecule has 0 aliphatic carbocycles. The van der Waals surface area contributed by atoms with Crippen LogP contribution >= 0.6 is 11.3 Å². The van der Waals surface area contributed by atoms with E-state index in [0.29, 0.717) is 24.6 Å². The molecule has 0 atom stereocenters. The van der Waals surface area contributed by atoms with Crippen LogP contribution < -0.4 is 10.1 Å². The second kappa shape index (κ2) is 6.84. The van der Waals surface area contributed by atoms with Crippen molar-refractivity contribution >= 4 is 22.4 Å². The molecule has 6 heteroatoms. The Bertz CT molecular complexity index is 528. The molecule has 0 spiro atoms. The van der Waals surface area contributed by atoms with Crippen molar-refractivity contribution in [1.82, 2.24) is 10.2 Å². The molecular formula is C13H15N3O2S. The van der Waals surface area contributed by atoms with Crippen LogP contribution in [0.3, 0.4) is 0 Å². The van der Waals surface area contributed by atoms with Gasteiger partial charge in [-0.25, -0.2) is 0 Å². The summed E-state index contributed by atoms with van der Waals surface area (Å²) in [5, 5.41) is 12.0. The first-order chi connectivity index (χ1) is 9.28. The Kier molecular flexibility index (Phi) is 4.85. The van der Waals surface area contributed by atoms with Gasteiger partial charge in [-0.2, -0.15) is 0 Å². The van der Waals surface area contributed by atoms with Gasteiger partial charge in [0.25, 0.3) is 0 Å². The molecular weight excluding hydrogens is 262 g/mol. The van der Waals surface area contributed by atoms with Crippen LogP contribution in [0.4, 0.5) is 5.13 Å². The Hall–Kier alpha value is -1.95. The van der Waals surface area contributed by atoms with Gasteiger partial charge >= 0.3 is 0 Å². The topological polar surface area (TPSA) is 64.1 Å². The van der Waals surface area contributed by atoms with Crippen LogP contribution in [0.5, 0.6) is 5.75 Å². The zero-order valence-electron chi connectivity index (χ0n) is 10.6. The lowest BCUT2D eigenvalue weighted by Gasteiger charge is -2.03. The normalized spacial score (nSPS) is 10.2. The number of amides is 1. The van der Waals surface area contributed by atoms with Crippen molar-refractivity contribution in [1.29, 1.82) is 0 Å². The summed E-state index contributed by atoms with van der Waals surface area (Å²) in [6.45, 7) is 2.34. The molecule has 100 valence electrons. The quantitative estimate of drug-likeness (QED) is 0.881. The Balaban J connectivity index is 1.79. The largest absolute Gasteiger partial charge is 0.493 e. The number of nitrogens with one attached hydrogen (secondary N) is 1. The zero-order chi connectivity index (χ0) is 13.5. The summed E-state index contributed by atoms with van der Waals surface area (Å²) in [4.78, 5) is 11.2. The molecule has 1 aromatic heterocycles. The predicted molar refractivity (Wildman–Crippen MR) is 74.5 cm³/mol. The van der Waals surface area contributed by atoms with E-state index in [1.54, 1.807) is 6.92 Å². The number of hydrogen-bond donors (Lipinski definition) is 1. The Morgan fingerprint density at radius 2 is 2.11 bits per heavy atom. The summed E-state index contributed by atoms with van der Waals surface area (Å²) in [5.41, 5.74) is 0. The first-order valence-electron chi connectivity index (χ1n) is 6.08. The Morgan fingerprint density at radius 3 is 2.84 bits per heavy atom. The van der Waals surface area contributed by atoms with Crippen LogP contribution in [0.2, 0.25) is 0 Å². The van der Waals surface area contributed by atoms with Gasteiger partial charge < -0.3 is 10.1 Å². The highest BCUT2D eigenvalue weighted by Crippen LogP contribution is 2.16. The molecule has 19 heavy (non-hydrogen) atoms. The summed E-state index contributed by atoms with van der Waals surface area (Å²) < 4.78 is 5.57. The number of aromatic nitrogens is 2. The van der Waals surface area contributed by atoms with Crippen LogP contribution in [0.1, 0.15) is 18.4 Å². The molecule has 0 saturated heterocycles. The maximum absolute atomic E-state index is 11.2. The van der Waals surface area contributed by atoms with Crippen LogP contribution in [-0.2, 0) is 11.2 Å². The van der Waals surface area contributed by atoms with E-state index in [1.165, 1.54) is 11.3 Å². The number of nitrogens with zero attached hydrogens (tertiary/aromatic N) is 2. The van der Waals surface area contributed by atoms with Crippen LogP contribution in [0, 0.1) is 0 Å². The van der Waals surface area contributed by atoms with E-state index >= 15 is 0 Å². The predicted octanol–water partition coefficient (Wildman–Crippen LogP) is 2.51. The number of rotatable bonds is 6. The SMILES string of the molecule is CCC(=O)Nc1nnc(CCOc2ccccc2)s1. The van der Waals surface area contributed by atoms with Gasteiger partial charge in [0, 0.05) is 12.8 Å². The summed E-state index contributed by atoms with van der Waals surface area (Å²) in [7, 11) is 0. The molecule has 0 aliphatic heterocycles.